The van der Waals surface area contributed by atoms with E-state index in [2.05, 4.69) is 23.2 Å². The zero-order valence-electron chi connectivity index (χ0n) is 16.4. The van der Waals surface area contributed by atoms with Gasteiger partial charge in [0, 0.05) is 23.8 Å². The van der Waals surface area contributed by atoms with Crippen LogP contribution in [0, 0.1) is 12.7 Å². The molecule has 4 nitrogen and oxygen atoms in total. The molecular weight excluding hydrogens is 379 g/mol. The highest BCUT2D eigenvalue weighted by Gasteiger charge is 2.28. The maximum atomic E-state index is 13.8. The molecule has 2 heterocycles. The second kappa shape index (κ2) is 6.95. The molecular formula is C25H19FN2O2. The number of amides is 1. The molecule has 0 atom stereocenters. The highest BCUT2D eigenvalue weighted by atomic mass is 19.1. The zero-order valence-corrected chi connectivity index (χ0v) is 16.4. The maximum absolute atomic E-state index is 13.8. The van der Waals surface area contributed by atoms with E-state index in [4.69, 9.17) is 0 Å². The van der Waals surface area contributed by atoms with Crippen molar-refractivity contribution >= 4 is 22.5 Å². The van der Waals surface area contributed by atoms with Gasteiger partial charge < -0.3 is 9.88 Å². The predicted octanol–water partition coefficient (Wildman–Crippen LogP) is 4.85. The lowest BCUT2D eigenvalue weighted by atomic mass is 10.0. The van der Waals surface area contributed by atoms with Gasteiger partial charge in [0.05, 0.1) is 5.52 Å². The number of carbonyl (C=O) groups excluding carboxylic acids is 1. The molecule has 0 bridgehead atoms. The number of aryl methyl sites for hydroxylation is 1. The quantitative estimate of drug-likeness (QED) is 0.525. The fourth-order valence-corrected chi connectivity index (χ4v) is 4.20. The van der Waals surface area contributed by atoms with Gasteiger partial charge in [0.1, 0.15) is 11.4 Å². The molecule has 0 saturated carbocycles. The fourth-order valence-electron chi connectivity index (χ4n) is 4.20. The molecule has 0 unspecified atom stereocenters. The third-order valence-electron chi connectivity index (χ3n) is 5.71. The summed E-state index contributed by atoms with van der Waals surface area (Å²) in [6, 6.07) is 18.6. The summed E-state index contributed by atoms with van der Waals surface area (Å²) < 4.78 is 13.8. The molecule has 4 aromatic rings. The molecule has 0 aliphatic carbocycles. The van der Waals surface area contributed by atoms with E-state index >= 15 is 0 Å². The molecule has 0 fully saturated rings. The van der Waals surface area contributed by atoms with Crippen LogP contribution in [0.4, 0.5) is 10.1 Å². The Morgan fingerprint density at radius 1 is 1.03 bits per heavy atom. The van der Waals surface area contributed by atoms with Crippen LogP contribution in [0.25, 0.3) is 22.0 Å². The van der Waals surface area contributed by atoms with Gasteiger partial charge in [-0.25, -0.2) is 4.39 Å². The number of benzene rings is 3. The average Bonchev–Trinajstić information content (AvgIpc) is 3.18. The van der Waals surface area contributed by atoms with Gasteiger partial charge in [0.2, 0.25) is 5.43 Å². The number of fused-ring (bicyclic) bond motifs is 2. The summed E-state index contributed by atoms with van der Waals surface area (Å²) in [7, 11) is 0. The Bertz CT molecular complexity index is 1360. The summed E-state index contributed by atoms with van der Waals surface area (Å²) in [6.45, 7) is 2.23. The Morgan fingerprint density at radius 3 is 2.63 bits per heavy atom. The molecule has 5 rings (SSSR count). The first-order chi connectivity index (χ1) is 14.5. The van der Waals surface area contributed by atoms with Crippen molar-refractivity contribution < 1.29 is 9.18 Å². The number of rotatable bonds is 2. The SMILES string of the molecule is Cc1cc(F)cc2c(=O)c(C(=O)N3CCc4cc(-c5ccccc5)ccc43)c[nH]c12. The van der Waals surface area contributed by atoms with Gasteiger partial charge in [-0.2, -0.15) is 0 Å². The van der Waals surface area contributed by atoms with Crippen molar-refractivity contribution in [1.82, 2.24) is 4.98 Å². The number of nitrogens with zero attached hydrogens (tertiary/aromatic N) is 1. The number of H-pyrrole nitrogens is 1. The first-order valence-corrected chi connectivity index (χ1v) is 9.84. The van der Waals surface area contributed by atoms with Gasteiger partial charge in [0.25, 0.3) is 5.91 Å². The number of aromatic amines is 1. The largest absolute Gasteiger partial charge is 0.360 e. The number of aromatic nitrogens is 1. The summed E-state index contributed by atoms with van der Waals surface area (Å²) in [4.78, 5) is 30.8. The smallest absolute Gasteiger partial charge is 0.263 e. The molecule has 0 spiro atoms. The summed E-state index contributed by atoms with van der Waals surface area (Å²) in [5.74, 6) is -0.860. The average molecular weight is 398 g/mol. The van der Waals surface area contributed by atoms with E-state index in [1.165, 1.54) is 18.3 Å². The van der Waals surface area contributed by atoms with E-state index in [1.54, 1.807) is 11.8 Å². The molecule has 0 radical (unpaired) electrons. The van der Waals surface area contributed by atoms with E-state index in [0.717, 1.165) is 28.8 Å². The summed E-state index contributed by atoms with van der Waals surface area (Å²) in [5, 5.41) is 0.192. The second-order valence-corrected chi connectivity index (χ2v) is 7.59. The second-order valence-electron chi connectivity index (χ2n) is 7.59. The Balaban J connectivity index is 1.54. The first-order valence-electron chi connectivity index (χ1n) is 9.84. The summed E-state index contributed by atoms with van der Waals surface area (Å²) in [6.07, 6.45) is 2.16. The minimum absolute atomic E-state index is 0.0208. The predicted molar refractivity (Wildman–Crippen MR) is 117 cm³/mol. The van der Waals surface area contributed by atoms with Crippen LogP contribution in [0.1, 0.15) is 21.5 Å². The Morgan fingerprint density at radius 2 is 1.83 bits per heavy atom. The van der Waals surface area contributed by atoms with Crippen LogP contribution in [0.15, 0.2) is 71.7 Å². The third-order valence-corrected chi connectivity index (χ3v) is 5.71. The van der Waals surface area contributed by atoms with Crippen LogP contribution < -0.4 is 10.3 Å². The van der Waals surface area contributed by atoms with Crippen LogP contribution in [0.5, 0.6) is 0 Å². The van der Waals surface area contributed by atoms with Crippen LogP contribution in [-0.4, -0.2) is 17.4 Å². The number of pyridine rings is 1. The van der Waals surface area contributed by atoms with E-state index in [0.29, 0.717) is 17.6 Å². The Kier molecular flexibility index (Phi) is 4.24. The van der Waals surface area contributed by atoms with Crippen LogP contribution in [0.3, 0.4) is 0 Å². The lowest BCUT2D eigenvalue weighted by molar-refractivity contribution is 0.0988. The molecule has 1 aliphatic heterocycles. The van der Waals surface area contributed by atoms with Crippen molar-refractivity contribution in [3.8, 4) is 11.1 Å². The van der Waals surface area contributed by atoms with Crippen molar-refractivity contribution in [1.29, 1.82) is 0 Å². The fraction of sp³-hybridized carbons (Fsp3) is 0.120. The number of halogens is 1. The van der Waals surface area contributed by atoms with Gasteiger partial charge in [-0.15, -0.1) is 0 Å². The first kappa shape index (κ1) is 18.3. The van der Waals surface area contributed by atoms with Crippen molar-refractivity contribution in [3.63, 3.8) is 0 Å². The van der Waals surface area contributed by atoms with Crippen molar-refractivity contribution in [2.45, 2.75) is 13.3 Å². The molecule has 148 valence electrons. The van der Waals surface area contributed by atoms with Gasteiger partial charge in [-0.3, -0.25) is 9.59 Å². The number of anilines is 1. The Labute approximate surface area is 172 Å². The van der Waals surface area contributed by atoms with Gasteiger partial charge in [0.15, 0.2) is 0 Å². The molecule has 30 heavy (non-hydrogen) atoms. The highest BCUT2D eigenvalue weighted by Crippen LogP contribution is 2.33. The molecule has 3 aromatic carbocycles. The van der Waals surface area contributed by atoms with Crippen LogP contribution in [-0.2, 0) is 6.42 Å². The van der Waals surface area contributed by atoms with E-state index < -0.39 is 11.2 Å². The number of hydrogen-bond acceptors (Lipinski definition) is 2. The molecule has 1 N–H and O–H groups in total. The Hall–Kier alpha value is -3.73. The summed E-state index contributed by atoms with van der Waals surface area (Å²) >= 11 is 0. The molecule has 0 saturated heterocycles. The van der Waals surface area contributed by atoms with Crippen LogP contribution >= 0.6 is 0 Å². The normalized spacial score (nSPS) is 12.9. The third kappa shape index (κ3) is 2.90. The minimum Gasteiger partial charge on any atom is -0.360 e. The van der Waals surface area contributed by atoms with Crippen LogP contribution in [0.2, 0.25) is 0 Å². The van der Waals surface area contributed by atoms with Gasteiger partial charge in [-0.1, -0.05) is 36.4 Å². The molecule has 1 amide bonds. The monoisotopic (exact) mass is 398 g/mol. The van der Waals surface area contributed by atoms with Crippen molar-refractivity contribution in [2.24, 2.45) is 0 Å². The molecule has 1 aromatic heterocycles. The van der Waals surface area contributed by atoms with E-state index in [1.807, 2.05) is 30.3 Å². The number of hydrogen-bond donors (Lipinski definition) is 1. The topological polar surface area (TPSA) is 53.2 Å². The lowest BCUT2D eigenvalue weighted by Gasteiger charge is -2.18. The lowest BCUT2D eigenvalue weighted by Crippen LogP contribution is -2.33. The van der Waals surface area contributed by atoms with Crippen molar-refractivity contribution in [3.05, 3.63) is 99.6 Å². The molecule has 5 heteroatoms. The number of carbonyl (C=O) groups is 1. The molecule has 1 aliphatic rings. The maximum Gasteiger partial charge on any atom is 0.263 e. The number of nitrogens with one attached hydrogen (secondary N) is 1. The van der Waals surface area contributed by atoms with Gasteiger partial charge in [-0.05, 0) is 59.9 Å². The standard InChI is InChI=1S/C25H19FN2O2/c1-15-11-19(26)13-20-23(15)27-14-21(24(20)29)25(30)28-10-9-18-12-17(7-8-22(18)28)16-5-3-2-4-6-16/h2-8,11-14H,9-10H2,1H3,(H,27,29). The van der Waals surface area contributed by atoms with E-state index in [9.17, 15) is 14.0 Å². The highest BCUT2D eigenvalue weighted by molar-refractivity contribution is 6.08. The van der Waals surface area contributed by atoms with Gasteiger partial charge >= 0.3 is 0 Å². The zero-order chi connectivity index (χ0) is 20.8. The van der Waals surface area contributed by atoms with Crippen molar-refractivity contribution in [2.75, 3.05) is 11.4 Å². The minimum atomic E-state index is -0.491. The van der Waals surface area contributed by atoms with E-state index in [-0.39, 0.29) is 16.9 Å². The summed E-state index contributed by atoms with van der Waals surface area (Å²) in [5.41, 5.74) is 4.84.